The summed E-state index contributed by atoms with van der Waals surface area (Å²) in [4.78, 5) is 17.3. The largest absolute Gasteiger partial charge is 0.395 e. The number of nitrogens with one attached hydrogen (secondary N) is 2. The van der Waals surface area contributed by atoms with Crippen molar-refractivity contribution in [3.8, 4) is 0 Å². The molecule has 0 radical (unpaired) electrons. The fourth-order valence-corrected chi connectivity index (χ4v) is 3.99. The third kappa shape index (κ3) is 5.15. The summed E-state index contributed by atoms with van der Waals surface area (Å²) in [6.07, 6.45) is 0.806. The summed E-state index contributed by atoms with van der Waals surface area (Å²) >= 11 is 0. The van der Waals surface area contributed by atoms with Gasteiger partial charge in [0.2, 0.25) is 11.9 Å². The highest BCUT2D eigenvalue weighted by atomic mass is 16.3. The summed E-state index contributed by atoms with van der Waals surface area (Å²) in [7, 11) is 0. The number of aliphatic hydroxyl groups excluding tert-OH is 1. The van der Waals surface area contributed by atoms with Gasteiger partial charge in [0.25, 0.3) is 0 Å². The van der Waals surface area contributed by atoms with Crippen molar-refractivity contribution in [1.29, 1.82) is 0 Å². The number of amides is 1. The van der Waals surface area contributed by atoms with Crippen molar-refractivity contribution in [3.63, 3.8) is 0 Å². The molecule has 0 aliphatic heterocycles. The lowest BCUT2D eigenvalue weighted by atomic mass is 9.88. The number of carbonyl (C=O) groups excluding carboxylic acids is 1. The van der Waals surface area contributed by atoms with Crippen molar-refractivity contribution in [2.24, 2.45) is 0 Å². The fourth-order valence-electron chi connectivity index (χ4n) is 3.99. The maximum Gasteiger partial charge on any atom is 0.240 e. The van der Waals surface area contributed by atoms with Crippen LogP contribution >= 0.6 is 0 Å². The van der Waals surface area contributed by atoms with Gasteiger partial charge in [-0.15, -0.1) is 0 Å². The normalized spacial score (nSPS) is 11.1. The minimum Gasteiger partial charge on any atom is -0.395 e. The van der Waals surface area contributed by atoms with Gasteiger partial charge in [0, 0.05) is 19.0 Å². The zero-order chi connectivity index (χ0) is 22.2. The first kappa shape index (κ1) is 21.6. The van der Waals surface area contributed by atoms with Gasteiger partial charge in [-0.05, 0) is 29.7 Å². The molecule has 4 aromatic rings. The molecule has 3 aromatic carbocycles. The van der Waals surface area contributed by atoms with Gasteiger partial charge in [-0.25, -0.2) is 4.98 Å². The fraction of sp³-hybridized carbons (Fsp3) is 0.231. The maximum absolute atomic E-state index is 12.8. The molecule has 0 saturated carbocycles. The topological polar surface area (TPSA) is 79.2 Å². The summed E-state index contributed by atoms with van der Waals surface area (Å²) in [6, 6.07) is 28.5. The van der Waals surface area contributed by atoms with Gasteiger partial charge in [-0.2, -0.15) is 0 Å². The zero-order valence-electron chi connectivity index (χ0n) is 17.9. The molecule has 32 heavy (non-hydrogen) atoms. The Labute approximate surface area is 187 Å². The van der Waals surface area contributed by atoms with Crippen molar-refractivity contribution in [3.05, 3.63) is 96.1 Å². The maximum atomic E-state index is 12.8. The molecule has 0 aliphatic rings. The van der Waals surface area contributed by atoms with E-state index < -0.39 is 0 Å². The lowest BCUT2D eigenvalue weighted by Crippen LogP contribution is -2.30. The Balaban J connectivity index is 1.43. The van der Waals surface area contributed by atoms with E-state index in [-0.39, 0.29) is 25.0 Å². The van der Waals surface area contributed by atoms with Crippen LogP contribution in [0.5, 0.6) is 0 Å². The molecule has 164 valence electrons. The molecule has 0 atom stereocenters. The molecule has 3 N–H and O–H groups in total. The molecule has 1 amide bonds. The number of rotatable bonds is 10. The van der Waals surface area contributed by atoms with E-state index in [4.69, 9.17) is 5.11 Å². The zero-order valence-corrected chi connectivity index (χ0v) is 17.9. The van der Waals surface area contributed by atoms with Crippen LogP contribution in [-0.2, 0) is 11.3 Å². The Kier molecular flexibility index (Phi) is 7.15. The average Bonchev–Trinajstić information content (AvgIpc) is 3.18. The van der Waals surface area contributed by atoms with E-state index in [1.807, 2.05) is 41.0 Å². The number of anilines is 1. The predicted molar refractivity (Wildman–Crippen MR) is 128 cm³/mol. The van der Waals surface area contributed by atoms with Gasteiger partial charge in [-0.1, -0.05) is 72.8 Å². The number of benzene rings is 3. The first-order chi connectivity index (χ1) is 15.8. The van der Waals surface area contributed by atoms with Gasteiger partial charge in [-0.3, -0.25) is 4.79 Å². The lowest BCUT2D eigenvalue weighted by Gasteiger charge is -2.18. The van der Waals surface area contributed by atoms with E-state index in [0.29, 0.717) is 19.0 Å². The second-order valence-electron chi connectivity index (χ2n) is 7.67. The van der Waals surface area contributed by atoms with Gasteiger partial charge < -0.3 is 20.3 Å². The third-order valence-electron chi connectivity index (χ3n) is 5.51. The smallest absolute Gasteiger partial charge is 0.240 e. The van der Waals surface area contributed by atoms with Crippen molar-refractivity contribution in [1.82, 2.24) is 14.9 Å². The van der Waals surface area contributed by atoms with Crippen LogP contribution in [0.1, 0.15) is 23.5 Å². The lowest BCUT2D eigenvalue weighted by molar-refractivity contribution is -0.121. The highest BCUT2D eigenvalue weighted by molar-refractivity contribution is 5.83. The van der Waals surface area contributed by atoms with Gasteiger partial charge in [0.1, 0.15) is 6.54 Å². The number of aromatic nitrogens is 2. The quantitative estimate of drug-likeness (QED) is 0.359. The SMILES string of the molecule is O=C(Cn1c(NCCO)nc2ccccc21)NCCC(c1ccccc1)c1ccccc1. The van der Waals surface area contributed by atoms with E-state index in [9.17, 15) is 4.79 Å². The molecule has 0 unspecified atom stereocenters. The molecule has 6 heteroatoms. The Morgan fingerprint density at radius 1 is 0.875 bits per heavy atom. The Bertz CT molecular complexity index is 1100. The molecule has 4 rings (SSSR count). The number of hydrogen-bond donors (Lipinski definition) is 3. The van der Waals surface area contributed by atoms with E-state index in [0.717, 1.165) is 17.5 Å². The van der Waals surface area contributed by atoms with Gasteiger partial charge in [0.05, 0.1) is 17.6 Å². The standard InChI is InChI=1S/C26H28N4O2/c31-18-17-28-26-29-23-13-7-8-14-24(23)30(26)19-25(32)27-16-15-22(20-9-3-1-4-10-20)21-11-5-2-6-12-21/h1-14,22,31H,15-19H2,(H,27,32)(H,28,29). The van der Waals surface area contributed by atoms with Crippen LogP contribution < -0.4 is 10.6 Å². The van der Waals surface area contributed by atoms with E-state index in [1.165, 1.54) is 11.1 Å². The number of hydrogen-bond acceptors (Lipinski definition) is 4. The van der Waals surface area contributed by atoms with Crippen LogP contribution in [0.4, 0.5) is 5.95 Å². The van der Waals surface area contributed by atoms with Crippen molar-refractivity contribution >= 4 is 22.9 Å². The van der Waals surface area contributed by atoms with Crippen LogP contribution in [0.15, 0.2) is 84.9 Å². The second kappa shape index (κ2) is 10.6. The summed E-state index contributed by atoms with van der Waals surface area (Å²) in [5.41, 5.74) is 4.18. The summed E-state index contributed by atoms with van der Waals surface area (Å²) in [5.74, 6) is 0.732. The molecule has 0 spiro atoms. The van der Waals surface area contributed by atoms with Crippen LogP contribution in [0, 0.1) is 0 Å². The highest BCUT2D eigenvalue weighted by Crippen LogP contribution is 2.27. The first-order valence-corrected chi connectivity index (χ1v) is 10.9. The Morgan fingerprint density at radius 2 is 1.50 bits per heavy atom. The van der Waals surface area contributed by atoms with Crippen LogP contribution in [-0.4, -0.2) is 40.3 Å². The minimum absolute atomic E-state index is 0.00420. The minimum atomic E-state index is -0.0694. The number of para-hydroxylation sites is 2. The molecule has 6 nitrogen and oxygen atoms in total. The molecule has 1 heterocycles. The summed E-state index contributed by atoms with van der Waals surface area (Å²) in [5, 5.41) is 15.3. The monoisotopic (exact) mass is 428 g/mol. The first-order valence-electron chi connectivity index (χ1n) is 10.9. The van der Waals surface area contributed by atoms with Crippen molar-refractivity contribution in [2.75, 3.05) is 25.0 Å². The Morgan fingerprint density at radius 3 is 2.16 bits per heavy atom. The summed E-state index contributed by atoms with van der Waals surface area (Å²) < 4.78 is 1.85. The van der Waals surface area contributed by atoms with Crippen LogP contribution in [0.2, 0.25) is 0 Å². The summed E-state index contributed by atoms with van der Waals surface area (Å²) in [6.45, 7) is 1.10. The second-order valence-corrected chi connectivity index (χ2v) is 7.67. The number of nitrogens with zero attached hydrogens (tertiary/aromatic N) is 2. The molecular weight excluding hydrogens is 400 g/mol. The highest BCUT2D eigenvalue weighted by Gasteiger charge is 2.16. The van der Waals surface area contributed by atoms with E-state index >= 15 is 0 Å². The van der Waals surface area contributed by atoms with Crippen LogP contribution in [0.3, 0.4) is 0 Å². The third-order valence-corrected chi connectivity index (χ3v) is 5.51. The van der Waals surface area contributed by atoms with E-state index in [1.54, 1.807) is 0 Å². The van der Waals surface area contributed by atoms with Gasteiger partial charge in [0.15, 0.2) is 0 Å². The molecule has 1 aromatic heterocycles. The predicted octanol–water partition coefficient (Wildman–Crippen LogP) is 3.78. The number of imidazole rings is 1. The van der Waals surface area contributed by atoms with Gasteiger partial charge >= 0.3 is 0 Å². The molecule has 0 aliphatic carbocycles. The molecule has 0 fully saturated rings. The molecular formula is C26H28N4O2. The molecule has 0 saturated heterocycles. The van der Waals surface area contributed by atoms with Crippen molar-refractivity contribution < 1.29 is 9.90 Å². The number of aliphatic hydroxyl groups is 1. The molecule has 0 bridgehead atoms. The van der Waals surface area contributed by atoms with Crippen LogP contribution in [0.25, 0.3) is 11.0 Å². The number of carbonyl (C=O) groups is 1. The van der Waals surface area contributed by atoms with E-state index in [2.05, 4.69) is 64.1 Å². The Hall–Kier alpha value is -3.64. The van der Waals surface area contributed by atoms with Crippen molar-refractivity contribution in [2.45, 2.75) is 18.9 Å². The average molecular weight is 429 g/mol. The number of fused-ring (bicyclic) bond motifs is 1.